The molecule has 190 valence electrons. The van der Waals surface area contributed by atoms with Gasteiger partial charge in [0.05, 0.1) is 14.2 Å². The van der Waals surface area contributed by atoms with Gasteiger partial charge >= 0.3 is 0 Å². The van der Waals surface area contributed by atoms with E-state index in [1.807, 2.05) is 12.3 Å². The van der Waals surface area contributed by atoms with Crippen LogP contribution in [0.1, 0.15) is 30.1 Å². The molecule has 0 bridgehead atoms. The SMILES string of the molecule is COc1cccc(OC)c1-n1c(NS(=O)(=O)[C@@H](C)[C@@H](O)c2ncc(C)cn2)nnc1-c1nc(C)cs1. The van der Waals surface area contributed by atoms with E-state index in [1.54, 1.807) is 25.1 Å². The van der Waals surface area contributed by atoms with Gasteiger partial charge in [0, 0.05) is 23.5 Å². The average Bonchev–Trinajstić information content (AvgIpc) is 3.48. The lowest BCUT2D eigenvalue weighted by molar-refractivity contribution is 0.166. The lowest BCUT2D eigenvalue weighted by atomic mass is 10.2. The van der Waals surface area contributed by atoms with Gasteiger partial charge in [-0.3, -0.25) is 9.29 Å². The molecule has 4 rings (SSSR count). The zero-order valence-electron chi connectivity index (χ0n) is 20.2. The average molecular weight is 532 g/mol. The van der Waals surface area contributed by atoms with Crippen LogP contribution in [0, 0.1) is 13.8 Å². The summed E-state index contributed by atoms with van der Waals surface area (Å²) in [6, 6.07) is 5.14. The topological polar surface area (TPSA) is 154 Å². The second kappa shape index (κ2) is 10.2. The zero-order valence-corrected chi connectivity index (χ0v) is 21.8. The summed E-state index contributed by atoms with van der Waals surface area (Å²) in [6.07, 6.45) is 1.53. The van der Waals surface area contributed by atoms with Gasteiger partial charge in [0.2, 0.25) is 16.0 Å². The summed E-state index contributed by atoms with van der Waals surface area (Å²) < 4.78 is 41.7. The Bertz CT molecular complexity index is 1450. The maximum Gasteiger partial charge on any atom is 0.243 e. The number of benzene rings is 1. The predicted octanol–water partition coefficient (Wildman–Crippen LogP) is 2.68. The van der Waals surface area contributed by atoms with E-state index in [2.05, 4.69) is 29.9 Å². The number of aryl methyl sites for hydroxylation is 2. The summed E-state index contributed by atoms with van der Waals surface area (Å²) >= 11 is 1.33. The molecule has 36 heavy (non-hydrogen) atoms. The summed E-state index contributed by atoms with van der Waals surface area (Å²) in [7, 11) is -1.23. The third kappa shape index (κ3) is 4.87. The molecule has 2 atom stereocenters. The minimum atomic E-state index is -4.21. The fourth-order valence-electron chi connectivity index (χ4n) is 3.36. The summed E-state index contributed by atoms with van der Waals surface area (Å²) in [6.45, 7) is 4.98. The Balaban J connectivity index is 1.81. The molecule has 3 aromatic heterocycles. The maximum atomic E-state index is 13.3. The molecular formula is C22H25N7O5S2. The van der Waals surface area contributed by atoms with Gasteiger partial charge in [0.1, 0.15) is 28.5 Å². The van der Waals surface area contributed by atoms with Gasteiger partial charge in [-0.2, -0.15) is 0 Å². The number of ether oxygens (including phenoxy) is 2. The molecule has 1 aromatic carbocycles. The number of nitrogens with zero attached hydrogens (tertiary/aromatic N) is 6. The third-order valence-electron chi connectivity index (χ3n) is 5.33. The number of nitrogens with one attached hydrogen (secondary N) is 1. The van der Waals surface area contributed by atoms with Gasteiger partial charge < -0.3 is 14.6 Å². The van der Waals surface area contributed by atoms with Crippen molar-refractivity contribution < 1.29 is 23.0 Å². The second-order valence-electron chi connectivity index (χ2n) is 7.90. The quantitative estimate of drug-likeness (QED) is 0.329. The highest BCUT2D eigenvalue weighted by molar-refractivity contribution is 7.93. The van der Waals surface area contributed by atoms with Crippen LogP contribution >= 0.6 is 11.3 Å². The lowest BCUT2D eigenvalue weighted by Crippen LogP contribution is -2.32. The van der Waals surface area contributed by atoms with Crippen molar-refractivity contribution >= 4 is 27.3 Å². The van der Waals surface area contributed by atoms with Crippen molar-refractivity contribution in [2.45, 2.75) is 32.1 Å². The van der Waals surface area contributed by atoms with Gasteiger partial charge in [-0.25, -0.2) is 23.4 Å². The highest BCUT2D eigenvalue weighted by Crippen LogP contribution is 2.38. The number of thiazole rings is 1. The highest BCUT2D eigenvalue weighted by atomic mass is 32.2. The minimum Gasteiger partial charge on any atom is -0.494 e. The molecule has 3 heterocycles. The summed E-state index contributed by atoms with van der Waals surface area (Å²) in [5.41, 5.74) is 1.93. The first-order chi connectivity index (χ1) is 17.2. The van der Waals surface area contributed by atoms with Gasteiger partial charge in [-0.1, -0.05) is 6.07 Å². The summed E-state index contributed by atoms with van der Waals surface area (Å²) in [4.78, 5) is 12.6. The van der Waals surface area contributed by atoms with Crippen LogP contribution in [0.5, 0.6) is 11.5 Å². The smallest absolute Gasteiger partial charge is 0.243 e. The van der Waals surface area contributed by atoms with E-state index < -0.39 is 21.4 Å². The van der Waals surface area contributed by atoms with Crippen molar-refractivity contribution in [3.8, 4) is 28.0 Å². The predicted molar refractivity (Wildman–Crippen MR) is 134 cm³/mol. The van der Waals surface area contributed by atoms with Gasteiger partial charge in [0.15, 0.2) is 16.7 Å². The first-order valence-electron chi connectivity index (χ1n) is 10.7. The Hall–Kier alpha value is -3.62. The first-order valence-corrected chi connectivity index (χ1v) is 13.2. The van der Waals surface area contributed by atoms with Crippen LogP contribution in [0.2, 0.25) is 0 Å². The van der Waals surface area contributed by atoms with Crippen molar-refractivity contribution in [2.75, 3.05) is 18.9 Å². The molecule has 14 heteroatoms. The molecule has 0 aliphatic heterocycles. The minimum absolute atomic E-state index is 0.00899. The Morgan fingerprint density at radius 1 is 1.08 bits per heavy atom. The number of aromatic nitrogens is 6. The number of hydrogen-bond donors (Lipinski definition) is 2. The van der Waals surface area contributed by atoms with E-state index in [9.17, 15) is 13.5 Å². The molecule has 0 saturated heterocycles. The second-order valence-corrected chi connectivity index (χ2v) is 10.8. The van der Waals surface area contributed by atoms with Crippen LogP contribution in [0.15, 0.2) is 36.0 Å². The number of aliphatic hydroxyl groups excluding tert-OH is 1. The van der Waals surface area contributed by atoms with Gasteiger partial charge in [-0.05, 0) is 38.5 Å². The third-order valence-corrected chi connectivity index (χ3v) is 7.99. The van der Waals surface area contributed by atoms with E-state index in [0.717, 1.165) is 11.3 Å². The maximum absolute atomic E-state index is 13.3. The molecule has 4 aromatic rings. The number of hydrogen-bond acceptors (Lipinski definition) is 11. The summed E-state index contributed by atoms with van der Waals surface area (Å²) in [5, 5.41) is 20.1. The number of anilines is 1. The molecule has 0 amide bonds. The van der Waals surface area contributed by atoms with Crippen LogP contribution in [0.25, 0.3) is 16.5 Å². The zero-order chi connectivity index (χ0) is 26.0. The Kier molecular flexibility index (Phi) is 7.19. The molecule has 0 aliphatic carbocycles. The van der Waals surface area contributed by atoms with Crippen LogP contribution in [-0.2, 0) is 10.0 Å². The molecule has 0 radical (unpaired) electrons. The van der Waals surface area contributed by atoms with Crippen LogP contribution in [0.3, 0.4) is 0 Å². The standard InChI is InChI=1S/C22H25N7O5S2/c1-12-9-23-19(24-10-12)18(30)14(3)36(31,32)28-22-27-26-20(21-25-13(2)11-35-21)29(22)17-15(33-4)7-6-8-16(17)34-5/h6-11,14,18,30H,1-5H3,(H,27,28)/t14-,18+/m0/s1. The number of rotatable bonds is 9. The van der Waals surface area contributed by atoms with Crippen molar-refractivity contribution in [1.29, 1.82) is 0 Å². The fraction of sp³-hybridized carbons (Fsp3) is 0.318. The van der Waals surface area contributed by atoms with Crippen molar-refractivity contribution in [2.24, 2.45) is 0 Å². The molecule has 0 aliphatic rings. The van der Waals surface area contributed by atoms with Crippen molar-refractivity contribution in [3.63, 3.8) is 0 Å². The molecule has 0 unspecified atom stereocenters. The van der Waals surface area contributed by atoms with Crippen LogP contribution in [-0.4, -0.2) is 62.7 Å². The van der Waals surface area contributed by atoms with Gasteiger partial charge in [-0.15, -0.1) is 21.5 Å². The van der Waals surface area contributed by atoms with E-state index in [4.69, 9.17) is 9.47 Å². The van der Waals surface area contributed by atoms with E-state index in [-0.39, 0.29) is 17.6 Å². The van der Waals surface area contributed by atoms with Crippen LogP contribution in [0.4, 0.5) is 5.95 Å². The monoisotopic (exact) mass is 531 g/mol. The number of para-hydroxylation sites is 1. The van der Waals surface area contributed by atoms with Gasteiger partial charge in [0.25, 0.3) is 0 Å². The normalized spacial score (nSPS) is 13.3. The number of methoxy groups -OCH3 is 2. The van der Waals surface area contributed by atoms with E-state index in [0.29, 0.717) is 22.2 Å². The Labute approximate surface area is 212 Å². The van der Waals surface area contributed by atoms with E-state index in [1.165, 1.54) is 49.4 Å². The summed E-state index contributed by atoms with van der Waals surface area (Å²) in [5.74, 6) is 0.925. The first kappa shape index (κ1) is 25.5. The molecule has 0 saturated carbocycles. The number of sulfonamides is 1. The molecule has 2 N–H and O–H groups in total. The molecule has 0 fully saturated rings. The highest BCUT2D eigenvalue weighted by Gasteiger charge is 2.34. The Morgan fingerprint density at radius 3 is 2.28 bits per heavy atom. The molecule has 0 spiro atoms. The Morgan fingerprint density at radius 2 is 1.72 bits per heavy atom. The van der Waals surface area contributed by atoms with Crippen LogP contribution < -0.4 is 14.2 Å². The van der Waals surface area contributed by atoms with E-state index >= 15 is 0 Å². The van der Waals surface area contributed by atoms with Crippen molar-refractivity contribution in [3.05, 3.63) is 53.1 Å². The number of aliphatic hydroxyl groups is 1. The van der Waals surface area contributed by atoms with Crippen molar-refractivity contribution in [1.82, 2.24) is 29.7 Å². The molecule has 12 nitrogen and oxygen atoms in total. The fourth-order valence-corrected chi connectivity index (χ4v) is 5.17. The lowest BCUT2D eigenvalue weighted by Gasteiger charge is -2.20. The largest absolute Gasteiger partial charge is 0.494 e. The molecular weight excluding hydrogens is 506 g/mol.